The number of anilines is 1. The maximum atomic E-state index is 13.2. The quantitative estimate of drug-likeness (QED) is 0.631. The fourth-order valence-corrected chi connectivity index (χ4v) is 2.08. The normalized spacial score (nSPS) is 20.4. The van der Waals surface area contributed by atoms with Crippen molar-refractivity contribution in [3.05, 3.63) is 34.1 Å². The third kappa shape index (κ3) is 2.52. The van der Waals surface area contributed by atoms with E-state index in [-0.39, 0.29) is 11.4 Å². The topological polar surface area (TPSA) is 66.6 Å². The maximum absolute atomic E-state index is 13.2. The van der Waals surface area contributed by atoms with Crippen molar-refractivity contribution in [3.63, 3.8) is 0 Å². The van der Waals surface area contributed by atoms with E-state index in [0.717, 1.165) is 24.6 Å². The van der Waals surface area contributed by atoms with Gasteiger partial charge in [0.25, 0.3) is 5.69 Å². The second-order valence-electron chi connectivity index (χ2n) is 4.13. The number of nitrogens with zero attached hydrogens (tertiary/aromatic N) is 2. The van der Waals surface area contributed by atoms with Crippen molar-refractivity contribution in [1.29, 1.82) is 0 Å². The molecule has 1 aromatic carbocycles. The molecule has 1 fully saturated rings. The fraction of sp³-hybridized carbons (Fsp3) is 0.455. The van der Waals surface area contributed by atoms with E-state index in [0.29, 0.717) is 19.5 Å². The zero-order valence-electron chi connectivity index (χ0n) is 9.17. The lowest BCUT2D eigenvalue weighted by Gasteiger charge is -2.31. The third-order valence-corrected chi connectivity index (χ3v) is 2.87. The molecule has 0 aromatic heterocycles. The lowest BCUT2D eigenvalue weighted by molar-refractivity contribution is -0.384. The molecule has 0 saturated carbocycles. The molecule has 1 aromatic rings. The predicted octanol–water partition coefficient (Wildman–Crippen LogP) is 1.69. The molecule has 0 unspecified atom stereocenters. The molecule has 1 N–H and O–H groups in total. The first-order valence-corrected chi connectivity index (χ1v) is 5.45. The second kappa shape index (κ2) is 4.67. The van der Waals surface area contributed by atoms with Gasteiger partial charge in [-0.2, -0.15) is 0 Å². The number of rotatable bonds is 2. The van der Waals surface area contributed by atoms with E-state index >= 15 is 0 Å². The Morgan fingerprint density at radius 3 is 2.94 bits per heavy atom. The zero-order chi connectivity index (χ0) is 12.4. The molecular formula is C11H13FN2O3. The minimum atomic E-state index is -0.532. The summed E-state index contributed by atoms with van der Waals surface area (Å²) in [7, 11) is 0. The van der Waals surface area contributed by atoms with Crippen LogP contribution in [0.25, 0.3) is 0 Å². The van der Waals surface area contributed by atoms with Gasteiger partial charge in [-0.1, -0.05) is 0 Å². The second-order valence-corrected chi connectivity index (χ2v) is 4.13. The predicted molar refractivity (Wildman–Crippen MR) is 60.5 cm³/mol. The maximum Gasteiger partial charge on any atom is 0.292 e. The number of benzene rings is 1. The van der Waals surface area contributed by atoms with Crippen LogP contribution >= 0.6 is 0 Å². The number of aliphatic hydroxyl groups is 1. The van der Waals surface area contributed by atoms with Crippen LogP contribution in [0, 0.1) is 15.9 Å². The van der Waals surface area contributed by atoms with Gasteiger partial charge in [0.15, 0.2) is 0 Å². The highest BCUT2D eigenvalue weighted by Crippen LogP contribution is 2.30. The van der Waals surface area contributed by atoms with Gasteiger partial charge in [-0.15, -0.1) is 0 Å². The molecule has 5 nitrogen and oxygen atoms in total. The van der Waals surface area contributed by atoms with Crippen LogP contribution in [-0.2, 0) is 0 Å². The van der Waals surface area contributed by atoms with E-state index < -0.39 is 16.8 Å². The minimum absolute atomic E-state index is 0.125. The third-order valence-electron chi connectivity index (χ3n) is 2.87. The Bertz CT molecular complexity index is 439. The molecule has 0 radical (unpaired) electrons. The highest BCUT2D eigenvalue weighted by atomic mass is 19.1. The first-order valence-electron chi connectivity index (χ1n) is 5.45. The lowest BCUT2D eigenvalue weighted by atomic mass is 10.1. The van der Waals surface area contributed by atoms with Gasteiger partial charge in [-0.25, -0.2) is 4.39 Å². The van der Waals surface area contributed by atoms with Gasteiger partial charge in [-0.05, 0) is 18.9 Å². The van der Waals surface area contributed by atoms with Crippen LogP contribution in [0.1, 0.15) is 12.8 Å². The summed E-state index contributed by atoms with van der Waals surface area (Å²) in [6, 6.07) is 3.38. The summed E-state index contributed by atoms with van der Waals surface area (Å²) >= 11 is 0. The molecule has 0 spiro atoms. The van der Waals surface area contributed by atoms with Crippen molar-refractivity contribution in [2.24, 2.45) is 0 Å². The Balaban J connectivity index is 2.35. The summed E-state index contributed by atoms with van der Waals surface area (Å²) in [5.74, 6) is -0.509. The Morgan fingerprint density at radius 2 is 2.29 bits per heavy atom. The number of nitro benzene ring substituents is 1. The summed E-state index contributed by atoms with van der Waals surface area (Å²) in [5.41, 5.74) is 0.120. The van der Waals surface area contributed by atoms with Gasteiger partial charge >= 0.3 is 0 Å². The molecule has 1 heterocycles. The highest BCUT2D eigenvalue weighted by Gasteiger charge is 2.24. The minimum Gasteiger partial charge on any atom is -0.391 e. The largest absolute Gasteiger partial charge is 0.391 e. The molecule has 2 rings (SSSR count). The summed E-state index contributed by atoms with van der Waals surface area (Å²) in [6.45, 7) is 0.908. The summed E-state index contributed by atoms with van der Waals surface area (Å²) in [4.78, 5) is 12.0. The Kier molecular flexibility index (Phi) is 3.23. The monoisotopic (exact) mass is 240 g/mol. The number of β-amino-alcohol motifs (C(OH)–C–C–N with tert-alkyl or cyclic N) is 1. The smallest absolute Gasteiger partial charge is 0.292 e. The van der Waals surface area contributed by atoms with Gasteiger partial charge < -0.3 is 10.0 Å². The van der Waals surface area contributed by atoms with Gasteiger partial charge in [0, 0.05) is 25.2 Å². The van der Waals surface area contributed by atoms with Gasteiger partial charge in [0.1, 0.15) is 11.5 Å². The van der Waals surface area contributed by atoms with Crippen molar-refractivity contribution in [2.75, 3.05) is 18.0 Å². The first-order chi connectivity index (χ1) is 8.08. The number of hydrogen-bond acceptors (Lipinski definition) is 4. The number of nitro groups is 1. The summed E-state index contributed by atoms with van der Waals surface area (Å²) in [5, 5.41) is 20.4. The molecular weight excluding hydrogens is 227 g/mol. The molecule has 1 atom stereocenters. The Hall–Kier alpha value is -1.69. The van der Waals surface area contributed by atoms with Crippen LogP contribution in [0.2, 0.25) is 0 Å². The van der Waals surface area contributed by atoms with Crippen molar-refractivity contribution in [2.45, 2.75) is 18.9 Å². The van der Waals surface area contributed by atoms with E-state index in [1.807, 2.05) is 0 Å². The van der Waals surface area contributed by atoms with Crippen LogP contribution in [0.4, 0.5) is 15.8 Å². The molecule has 1 aliphatic rings. The van der Waals surface area contributed by atoms with Crippen molar-refractivity contribution in [1.82, 2.24) is 0 Å². The van der Waals surface area contributed by atoms with E-state index in [1.165, 1.54) is 0 Å². The molecule has 1 aliphatic heterocycles. The number of aliphatic hydroxyl groups excluding tert-OH is 1. The molecule has 6 heteroatoms. The molecule has 1 saturated heterocycles. The Labute approximate surface area is 97.6 Å². The van der Waals surface area contributed by atoms with Crippen LogP contribution in [0.3, 0.4) is 0 Å². The molecule has 92 valence electrons. The van der Waals surface area contributed by atoms with Crippen LogP contribution in [-0.4, -0.2) is 29.2 Å². The average molecular weight is 240 g/mol. The number of hydrogen-bond donors (Lipinski definition) is 1. The van der Waals surface area contributed by atoms with Crippen LogP contribution in [0.15, 0.2) is 18.2 Å². The van der Waals surface area contributed by atoms with E-state index in [1.54, 1.807) is 4.90 Å². The van der Waals surface area contributed by atoms with Crippen LogP contribution in [0.5, 0.6) is 0 Å². The highest BCUT2D eigenvalue weighted by molar-refractivity contribution is 5.63. The molecule has 0 aliphatic carbocycles. The number of piperidine rings is 1. The molecule has 0 amide bonds. The van der Waals surface area contributed by atoms with Crippen LogP contribution < -0.4 is 4.90 Å². The average Bonchev–Trinajstić information content (AvgIpc) is 2.28. The lowest BCUT2D eigenvalue weighted by Crippen LogP contribution is -2.38. The Morgan fingerprint density at radius 1 is 1.53 bits per heavy atom. The first kappa shape index (κ1) is 11.8. The SMILES string of the molecule is O=[N+]([O-])c1ccc(F)cc1N1CCC[C@@H](O)C1. The molecule has 0 bridgehead atoms. The van der Waals surface area contributed by atoms with E-state index in [2.05, 4.69) is 0 Å². The fourth-order valence-electron chi connectivity index (χ4n) is 2.08. The van der Waals surface area contributed by atoms with Crippen molar-refractivity contribution in [3.8, 4) is 0 Å². The zero-order valence-corrected chi connectivity index (χ0v) is 9.17. The standard InChI is InChI=1S/C11H13FN2O3/c12-8-3-4-10(14(16)17)11(6-8)13-5-1-2-9(15)7-13/h3-4,6,9,15H,1-2,5,7H2/t9-/m1/s1. The van der Waals surface area contributed by atoms with Crippen molar-refractivity contribution >= 4 is 11.4 Å². The van der Waals surface area contributed by atoms with Gasteiger partial charge in [0.05, 0.1) is 11.0 Å². The van der Waals surface area contributed by atoms with Gasteiger partial charge in [0.2, 0.25) is 0 Å². The van der Waals surface area contributed by atoms with Crippen molar-refractivity contribution < 1.29 is 14.4 Å². The summed E-state index contributed by atoms with van der Waals surface area (Å²) in [6.07, 6.45) is 0.917. The molecule has 17 heavy (non-hydrogen) atoms. The van der Waals surface area contributed by atoms with Gasteiger partial charge in [-0.3, -0.25) is 10.1 Å². The number of halogens is 1. The van der Waals surface area contributed by atoms with E-state index in [4.69, 9.17) is 0 Å². The summed E-state index contributed by atoms with van der Waals surface area (Å²) < 4.78 is 13.2. The van der Waals surface area contributed by atoms with E-state index in [9.17, 15) is 19.6 Å².